The van der Waals surface area contributed by atoms with Crippen molar-refractivity contribution >= 4 is 52.5 Å². The van der Waals surface area contributed by atoms with E-state index in [1.165, 1.54) is 13.1 Å². The molecule has 178 valence electrons. The highest BCUT2D eigenvalue weighted by molar-refractivity contribution is 7.99. The minimum atomic E-state index is -0.292. The van der Waals surface area contributed by atoms with Crippen LogP contribution in [-0.4, -0.2) is 38.1 Å². The Labute approximate surface area is 205 Å². The number of carbonyl (C=O) groups excluding carboxylic acids is 3. The second-order valence-corrected chi connectivity index (χ2v) is 8.66. The molecule has 11 heteroatoms. The first-order valence-corrected chi connectivity index (χ1v) is 11.7. The van der Waals surface area contributed by atoms with E-state index in [9.17, 15) is 19.5 Å². The van der Waals surface area contributed by atoms with Crippen molar-refractivity contribution in [2.45, 2.75) is 31.8 Å². The fourth-order valence-corrected chi connectivity index (χ4v) is 3.93. The van der Waals surface area contributed by atoms with Crippen molar-refractivity contribution in [2.75, 3.05) is 16.4 Å². The van der Waals surface area contributed by atoms with Gasteiger partial charge in [0.15, 0.2) is 5.16 Å². The van der Waals surface area contributed by atoms with Crippen molar-refractivity contribution in [3.63, 3.8) is 0 Å². The Morgan fingerprint density at radius 1 is 1.06 bits per heavy atom. The van der Waals surface area contributed by atoms with Crippen molar-refractivity contribution in [3.05, 3.63) is 71.0 Å². The maximum atomic E-state index is 12.5. The van der Waals surface area contributed by atoms with Crippen LogP contribution in [0.4, 0.5) is 11.4 Å². The van der Waals surface area contributed by atoms with Gasteiger partial charge in [-0.25, -0.2) is 4.98 Å². The highest BCUT2D eigenvalue weighted by atomic mass is 35.5. The van der Waals surface area contributed by atoms with Crippen molar-refractivity contribution < 1.29 is 19.5 Å². The summed E-state index contributed by atoms with van der Waals surface area (Å²) in [6.07, 6.45) is 1.48. The summed E-state index contributed by atoms with van der Waals surface area (Å²) in [5.41, 5.74) is 2.48. The van der Waals surface area contributed by atoms with Crippen molar-refractivity contribution in [1.29, 1.82) is 0 Å². The Morgan fingerprint density at radius 3 is 2.44 bits per heavy atom. The van der Waals surface area contributed by atoms with Crippen molar-refractivity contribution in [1.82, 2.24) is 14.9 Å². The fourth-order valence-electron chi connectivity index (χ4n) is 3.01. The van der Waals surface area contributed by atoms with E-state index in [0.29, 0.717) is 33.8 Å². The Bertz CT molecular complexity index is 1170. The highest BCUT2D eigenvalue weighted by Gasteiger charge is 2.15. The van der Waals surface area contributed by atoms with Crippen LogP contribution in [0.2, 0.25) is 5.02 Å². The lowest BCUT2D eigenvalue weighted by Gasteiger charge is -2.12. The van der Waals surface area contributed by atoms with Gasteiger partial charge in [0.1, 0.15) is 6.54 Å². The molecule has 0 unspecified atom stereocenters. The largest absolute Gasteiger partial charge is 0.390 e. The number of imidazole rings is 1. The lowest BCUT2D eigenvalue weighted by Crippen LogP contribution is -2.28. The summed E-state index contributed by atoms with van der Waals surface area (Å²) < 4.78 is 1.58. The number of hydrogen-bond acceptors (Lipinski definition) is 6. The molecule has 0 bridgehead atoms. The van der Waals surface area contributed by atoms with Crippen molar-refractivity contribution in [3.8, 4) is 0 Å². The van der Waals surface area contributed by atoms with Gasteiger partial charge in [-0.15, -0.1) is 0 Å². The lowest BCUT2D eigenvalue weighted by atomic mass is 10.2. The average Bonchev–Trinajstić information content (AvgIpc) is 3.18. The normalized spacial score (nSPS) is 10.6. The molecule has 9 nitrogen and oxygen atoms in total. The Balaban J connectivity index is 1.56. The van der Waals surface area contributed by atoms with Gasteiger partial charge < -0.3 is 25.6 Å². The number of hydrogen-bond donors (Lipinski definition) is 4. The van der Waals surface area contributed by atoms with Crippen LogP contribution in [0.3, 0.4) is 0 Å². The summed E-state index contributed by atoms with van der Waals surface area (Å²) in [6, 6.07) is 13.9. The number of halogens is 1. The van der Waals surface area contributed by atoms with Crippen molar-refractivity contribution in [2.24, 2.45) is 0 Å². The zero-order valence-corrected chi connectivity index (χ0v) is 19.9. The molecule has 0 aliphatic carbocycles. The number of thioether (sulfide) groups is 1. The van der Waals surface area contributed by atoms with E-state index < -0.39 is 0 Å². The lowest BCUT2D eigenvalue weighted by molar-refractivity contribution is -0.122. The molecular weight excluding hydrogens is 478 g/mol. The van der Waals surface area contributed by atoms with Crippen LogP contribution in [-0.2, 0) is 34.1 Å². The monoisotopic (exact) mass is 501 g/mol. The summed E-state index contributed by atoms with van der Waals surface area (Å²) in [7, 11) is 0. The molecule has 2 aromatic carbocycles. The zero-order chi connectivity index (χ0) is 24.5. The highest BCUT2D eigenvalue weighted by Crippen LogP contribution is 2.20. The number of carbonyl (C=O) groups is 3. The van der Waals surface area contributed by atoms with Gasteiger partial charge in [0.25, 0.3) is 0 Å². The van der Waals surface area contributed by atoms with E-state index in [1.807, 2.05) is 12.1 Å². The summed E-state index contributed by atoms with van der Waals surface area (Å²) in [4.78, 5) is 40.3. The summed E-state index contributed by atoms with van der Waals surface area (Å²) in [5.74, 6) is -0.706. The smallest absolute Gasteiger partial charge is 0.240 e. The van der Waals surface area contributed by atoms with Crippen LogP contribution in [0.15, 0.2) is 59.9 Å². The van der Waals surface area contributed by atoms with Gasteiger partial charge in [-0.3, -0.25) is 14.4 Å². The molecule has 0 saturated heterocycles. The molecule has 1 heterocycles. The zero-order valence-electron chi connectivity index (χ0n) is 18.4. The van der Waals surface area contributed by atoms with E-state index in [0.717, 1.165) is 17.3 Å². The van der Waals surface area contributed by atoms with Gasteiger partial charge in [-0.2, -0.15) is 0 Å². The molecule has 3 amide bonds. The predicted molar refractivity (Wildman–Crippen MR) is 132 cm³/mol. The predicted octanol–water partition coefficient (Wildman–Crippen LogP) is 3.03. The molecule has 4 N–H and O–H groups in total. The first kappa shape index (κ1) is 25.3. The van der Waals surface area contributed by atoms with Gasteiger partial charge in [0, 0.05) is 29.9 Å². The molecular formula is C23H24ClN5O4S. The van der Waals surface area contributed by atoms with Crippen LogP contribution in [0.5, 0.6) is 0 Å². The second-order valence-electron chi connectivity index (χ2n) is 7.28. The van der Waals surface area contributed by atoms with E-state index in [4.69, 9.17) is 11.6 Å². The van der Waals surface area contributed by atoms with Crippen LogP contribution >= 0.6 is 23.4 Å². The average molecular weight is 502 g/mol. The molecule has 1 aromatic heterocycles. The third kappa shape index (κ3) is 7.62. The van der Waals surface area contributed by atoms with E-state index in [1.54, 1.807) is 41.0 Å². The van der Waals surface area contributed by atoms with Crippen LogP contribution in [0.25, 0.3) is 0 Å². The van der Waals surface area contributed by atoms with Gasteiger partial charge >= 0.3 is 0 Å². The quantitative estimate of drug-likeness (QED) is 0.316. The summed E-state index contributed by atoms with van der Waals surface area (Å²) in [5, 5.41) is 18.9. The molecule has 0 atom stereocenters. The SMILES string of the molecule is CC(=O)Nc1cccc(NC(=O)CSc2ncc(CO)n2CC(=O)NCc2ccc(Cl)cc2)c1. The van der Waals surface area contributed by atoms with E-state index >= 15 is 0 Å². The minimum absolute atomic E-state index is 0.0403. The van der Waals surface area contributed by atoms with Crippen LogP contribution in [0.1, 0.15) is 18.2 Å². The van der Waals surface area contributed by atoms with Crippen LogP contribution < -0.4 is 16.0 Å². The second kappa shape index (κ2) is 12.2. The molecule has 0 spiro atoms. The Kier molecular flexibility index (Phi) is 9.08. The van der Waals surface area contributed by atoms with E-state index in [2.05, 4.69) is 20.9 Å². The molecule has 0 fully saturated rings. The molecule has 3 rings (SSSR count). The maximum Gasteiger partial charge on any atom is 0.240 e. The van der Waals surface area contributed by atoms with Gasteiger partial charge in [-0.05, 0) is 35.9 Å². The standard InChI is InChI=1S/C23H24ClN5O4S/c1-15(31)27-18-3-2-4-19(9-18)28-22(33)14-34-23-26-11-20(13-30)29(23)12-21(32)25-10-16-5-7-17(24)8-6-16/h2-9,11,30H,10,12-14H2,1H3,(H,25,32)(H,27,31)(H,28,33). The molecule has 0 saturated carbocycles. The number of anilines is 2. The van der Waals surface area contributed by atoms with Gasteiger partial charge in [0.05, 0.1) is 24.3 Å². The third-order valence-electron chi connectivity index (χ3n) is 4.57. The topological polar surface area (TPSA) is 125 Å². The minimum Gasteiger partial charge on any atom is -0.390 e. The summed E-state index contributed by atoms with van der Waals surface area (Å²) in [6.45, 7) is 1.40. The molecule has 3 aromatic rings. The number of aromatic nitrogens is 2. The molecule has 0 radical (unpaired) electrons. The molecule has 0 aliphatic rings. The fraction of sp³-hybridized carbons (Fsp3) is 0.217. The Hall–Kier alpha value is -3.34. The first-order chi connectivity index (χ1) is 16.3. The number of aliphatic hydroxyl groups is 1. The molecule has 34 heavy (non-hydrogen) atoms. The number of nitrogens with one attached hydrogen (secondary N) is 3. The number of amides is 3. The van der Waals surface area contributed by atoms with Crippen LogP contribution in [0, 0.1) is 0 Å². The number of nitrogens with zero attached hydrogens (tertiary/aromatic N) is 2. The third-order valence-corrected chi connectivity index (χ3v) is 5.81. The maximum absolute atomic E-state index is 12.5. The summed E-state index contributed by atoms with van der Waals surface area (Å²) >= 11 is 7.02. The number of aliphatic hydroxyl groups excluding tert-OH is 1. The van der Waals surface area contributed by atoms with Gasteiger partial charge in [0.2, 0.25) is 17.7 Å². The number of rotatable bonds is 10. The van der Waals surface area contributed by atoms with E-state index in [-0.39, 0.29) is 36.6 Å². The first-order valence-electron chi connectivity index (χ1n) is 10.3. The molecule has 0 aliphatic heterocycles. The van der Waals surface area contributed by atoms with Gasteiger partial charge in [-0.1, -0.05) is 41.6 Å². The number of benzene rings is 2. The Morgan fingerprint density at radius 2 is 1.76 bits per heavy atom.